The van der Waals surface area contributed by atoms with E-state index < -0.39 is 6.04 Å². The van der Waals surface area contributed by atoms with Crippen LogP contribution in [0.25, 0.3) is 11.4 Å². The number of likely N-dealkylation sites (tertiary alicyclic amines) is 1. The van der Waals surface area contributed by atoms with Gasteiger partial charge in [0.25, 0.3) is 0 Å². The summed E-state index contributed by atoms with van der Waals surface area (Å²) < 4.78 is 0. The predicted molar refractivity (Wildman–Crippen MR) is 94.6 cm³/mol. The highest BCUT2D eigenvalue weighted by molar-refractivity contribution is 5.88. The molecular formula is C17H23N7O2. The van der Waals surface area contributed by atoms with Gasteiger partial charge in [-0.25, -0.2) is 0 Å². The van der Waals surface area contributed by atoms with E-state index >= 15 is 0 Å². The summed E-state index contributed by atoms with van der Waals surface area (Å²) in [6.07, 6.45) is 0.449. The molecule has 0 unspecified atom stereocenters. The highest BCUT2D eigenvalue weighted by atomic mass is 16.2. The van der Waals surface area contributed by atoms with E-state index in [1.807, 2.05) is 44.2 Å². The lowest BCUT2D eigenvalue weighted by Crippen LogP contribution is -2.48. The molecule has 1 aliphatic rings. The molecule has 0 bridgehead atoms. The number of hydrogen-bond acceptors (Lipinski definition) is 6. The van der Waals surface area contributed by atoms with Gasteiger partial charge in [-0.2, -0.15) is 4.80 Å². The molecule has 9 heteroatoms. The number of rotatable bonds is 5. The zero-order valence-electron chi connectivity index (χ0n) is 14.9. The first-order valence-corrected chi connectivity index (χ1v) is 8.62. The van der Waals surface area contributed by atoms with Crippen molar-refractivity contribution < 1.29 is 9.59 Å². The number of tetrazole rings is 1. The summed E-state index contributed by atoms with van der Waals surface area (Å²) in [7, 11) is 0. The van der Waals surface area contributed by atoms with E-state index in [-0.39, 0.29) is 30.4 Å². The van der Waals surface area contributed by atoms with Gasteiger partial charge in [0.05, 0.1) is 0 Å². The van der Waals surface area contributed by atoms with Gasteiger partial charge in [0.15, 0.2) is 0 Å². The zero-order valence-corrected chi connectivity index (χ0v) is 14.9. The first-order valence-electron chi connectivity index (χ1n) is 8.62. The van der Waals surface area contributed by atoms with Crippen LogP contribution in [0.4, 0.5) is 0 Å². The van der Waals surface area contributed by atoms with Crippen LogP contribution < -0.4 is 11.1 Å². The van der Waals surface area contributed by atoms with Gasteiger partial charge in [0.2, 0.25) is 17.6 Å². The number of hydrogen-bond donors (Lipinski definition) is 2. The molecule has 1 saturated heterocycles. The molecule has 0 spiro atoms. The molecule has 2 atom stereocenters. The summed E-state index contributed by atoms with van der Waals surface area (Å²) in [6, 6.07) is 8.62. The predicted octanol–water partition coefficient (Wildman–Crippen LogP) is -0.207. The minimum Gasteiger partial charge on any atom is -0.352 e. The number of aromatic nitrogens is 4. The monoisotopic (exact) mass is 357 g/mol. The van der Waals surface area contributed by atoms with Gasteiger partial charge in [-0.15, -0.1) is 10.2 Å². The number of carbonyl (C=O) groups excluding carboxylic acids is 2. The standard InChI is InChI=1S/C17H23N7O2/c1-11(2)19-17(26)14-8-13(18)9-23(14)15(25)10-24-21-16(20-22-24)12-6-4-3-5-7-12/h3-7,11,13-14H,8-10,18H2,1-2H3,(H,19,26)/t13-,14+/m1/s1. The molecule has 3 rings (SSSR count). The van der Waals surface area contributed by atoms with Gasteiger partial charge in [-0.3, -0.25) is 9.59 Å². The molecule has 2 aromatic rings. The molecule has 3 N–H and O–H groups in total. The van der Waals surface area contributed by atoms with E-state index in [4.69, 9.17) is 5.73 Å². The SMILES string of the molecule is CC(C)NC(=O)[C@@H]1C[C@@H](N)CN1C(=O)Cn1nnc(-c2ccccc2)n1. The Balaban J connectivity index is 1.69. The fraction of sp³-hybridized carbons (Fsp3) is 0.471. The third-order valence-electron chi connectivity index (χ3n) is 4.15. The van der Waals surface area contributed by atoms with Crippen molar-refractivity contribution in [3.63, 3.8) is 0 Å². The Morgan fingerprint density at radius 2 is 2.04 bits per heavy atom. The lowest BCUT2D eigenvalue weighted by molar-refractivity contribution is -0.139. The average Bonchev–Trinajstić information content (AvgIpc) is 3.22. The van der Waals surface area contributed by atoms with Gasteiger partial charge in [-0.1, -0.05) is 30.3 Å². The minimum absolute atomic E-state index is 0.00156. The number of nitrogens with one attached hydrogen (secondary N) is 1. The fourth-order valence-corrected chi connectivity index (χ4v) is 3.00. The Morgan fingerprint density at radius 3 is 2.73 bits per heavy atom. The topological polar surface area (TPSA) is 119 Å². The molecule has 138 valence electrons. The van der Waals surface area contributed by atoms with Crippen molar-refractivity contribution in [1.29, 1.82) is 0 Å². The van der Waals surface area contributed by atoms with Gasteiger partial charge in [0.1, 0.15) is 12.6 Å². The summed E-state index contributed by atoms with van der Waals surface area (Å²) in [5.41, 5.74) is 6.79. The second-order valence-corrected chi connectivity index (χ2v) is 6.73. The molecule has 0 aliphatic carbocycles. The van der Waals surface area contributed by atoms with Crippen molar-refractivity contribution >= 4 is 11.8 Å². The molecule has 1 fully saturated rings. The largest absolute Gasteiger partial charge is 0.352 e. The van der Waals surface area contributed by atoms with E-state index in [1.54, 1.807) is 0 Å². The van der Waals surface area contributed by atoms with Crippen LogP contribution in [0.1, 0.15) is 20.3 Å². The maximum Gasteiger partial charge on any atom is 0.246 e. The Labute approximate surface area is 151 Å². The van der Waals surface area contributed by atoms with Crippen molar-refractivity contribution in [2.24, 2.45) is 5.73 Å². The molecule has 1 aromatic heterocycles. The van der Waals surface area contributed by atoms with E-state index in [2.05, 4.69) is 20.7 Å². The second-order valence-electron chi connectivity index (χ2n) is 6.73. The molecule has 1 aromatic carbocycles. The first-order chi connectivity index (χ1) is 12.4. The highest BCUT2D eigenvalue weighted by Gasteiger charge is 2.38. The molecular weight excluding hydrogens is 334 g/mol. The van der Waals surface area contributed by atoms with Crippen LogP contribution >= 0.6 is 0 Å². The van der Waals surface area contributed by atoms with Gasteiger partial charge >= 0.3 is 0 Å². The average molecular weight is 357 g/mol. The minimum atomic E-state index is -0.558. The molecule has 26 heavy (non-hydrogen) atoms. The Bertz CT molecular complexity index is 774. The van der Waals surface area contributed by atoms with Crippen LogP contribution in [0.15, 0.2) is 30.3 Å². The number of nitrogens with two attached hydrogens (primary N) is 1. The molecule has 1 aliphatic heterocycles. The fourth-order valence-electron chi connectivity index (χ4n) is 3.00. The smallest absolute Gasteiger partial charge is 0.246 e. The van der Waals surface area contributed by atoms with E-state index in [0.29, 0.717) is 18.8 Å². The quantitative estimate of drug-likeness (QED) is 0.764. The first kappa shape index (κ1) is 18.0. The maximum atomic E-state index is 12.7. The molecule has 9 nitrogen and oxygen atoms in total. The summed E-state index contributed by atoms with van der Waals surface area (Å²) in [6.45, 7) is 4.01. The van der Waals surface area contributed by atoms with Crippen LogP contribution in [-0.2, 0) is 16.1 Å². The van der Waals surface area contributed by atoms with Crippen LogP contribution in [0.3, 0.4) is 0 Å². The molecule has 0 radical (unpaired) electrons. The van der Waals surface area contributed by atoms with Crippen LogP contribution in [0.2, 0.25) is 0 Å². The summed E-state index contributed by atoms with van der Waals surface area (Å²) in [5, 5.41) is 15.0. The molecule has 2 amide bonds. The maximum absolute atomic E-state index is 12.7. The second kappa shape index (κ2) is 7.61. The molecule has 2 heterocycles. The van der Waals surface area contributed by atoms with Crippen molar-refractivity contribution in [2.75, 3.05) is 6.54 Å². The van der Waals surface area contributed by atoms with Gasteiger partial charge in [0, 0.05) is 24.2 Å². The van der Waals surface area contributed by atoms with Crippen LogP contribution in [0, 0.1) is 0 Å². The third-order valence-corrected chi connectivity index (χ3v) is 4.15. The van der Waals surface area contributed by atoms with Crippen molar-refractivity contribution in [3.05, 3.63) is 30.3 Å². The number of nitrogens with zero attached hydrogens (tertiary/aromatic N) is 5. The normalized spacial score (nSPS) is 19.8. The molecule has 0 saturated carbocycles. The van der Waals surface area contributed by atoms with Gasteiger partial charge < -0.3 is 16.0 Å². The van der Waals surface area contributed by atoms with E-state index in [0.717, 1.165) is 5.56 Å². The number of amides is 2. The number of carbonyl (C=O) groups is 2. The summed E-state index contributed by atoms with van der Waals surface area (Å²) >= 11 is 0. The van der Waals surface area contributed by atoms with Crippen molar-refractivity contribution in [2.45, 2.75) is 44.9 Å². The Hall–Kier alpha value is -2.81. The lowest BCUT2D eigenvalue weighted by Gasteiger charge is -2.24. The zero-order chi connectivity index (χ0) is 18.7. The van der Waals surface area contributed by atoms with Crippen LogP contribution in [-0.4, -0.2) is 61.6 Å². The summed E-state index contributed by atoms with van der Waals surface area (Å²) in [4.78, 5) is 27.8. The Morgan fingerprint density at radius 1 is 1.31 bits per heavy atom. The van der Waals surface area contributed by atoms with Gasteiger partial charge in [-0.05, 0) is 25.5 Å². The Kier molecular flexibility index (Phi) is 5.27. The number of benzene rings is 1. The third kappa shape index (κ3) is 4.05. The van der Waals surface area contributed by atoms with Crippen LogP contribution in [0.5, 0.6) is 0 Å². The lowest BCUT2D eigenvalue weighted by atomic mass is 10.1. The van der Waals surface area contributed by atoms with Crippen molar-refractivity contribution in [3.8, 4) is 11.4 Å². The summed E-state index contributed by atoms with van der Waals surface area (Å²) in [5.74, 6) is 0.0160. The highest BCUT2D eigenvalue weighted by Crippen LogP contribution is 2.18. The van der Waals surface area contributed by atoms with E-state index in [1.165, 1.54) is 9.70 Å². The van der Waals surface area contributed by atoms with E-state index in [9.17, 15) is 9.59 Å². The van der Waals surface area contributed by atoms with Crippen molar-refractivity contribution in [1.82, 2.24) is 30.4 Å².